The van der Waals surface area contributed by atoms with Gasteiger partial charge in [-0.05, 0) is 30.0 Å². The average molecular weight is 349 g/mol. The molecule has 5 nitrogen and oxygen atoms in total. The number of nitrogens with zero attached hydrogens (tertiary/aromatic N) is 1. The van der Waals surface area contributed by atoms with Crippen LogP contribution in [0.15, 0.2) is 29.2 Å². The molecular weight excluding hydrogens is 331 g/mol. The van der Waals surface area contributed by atoms with Gasteiger partial charge in [-0.1, -0.05) is 6.07 Å². The summed E-state index contributed by atoms with van der Waals surface area (Å²) in [7, 11) is 0. The van der Waals surface area contributed by atoms with Crippen molar-refractivity contribution in [3.8, 4) is 0 Å². The van der Waals surface area contributed by atoms with Gasteiger partial charge in [0.2, 0.25) is 0 Å². The average Bonchev–Trinajstić information content (AvgIpc) is 2.47. The molecule has 2 amide bonds. The first-order valence-electron chi connectivity index (χ1n) is 7.13. The third kappa shape index (κ3) is 7.10. The molecule has 128 valence electrons. The van der Waals surface area contributed by atoms with E-state index in [1.807, 2.05) is 0 Å². The molecule has 1 aliphatic heterocycles. The highest BCUT2D eigenvalue weighted by Gasteiger charge is 2.29. The van der Waals surface area contributed by atoms with E-state index in [-0.39, 0.29) is 16.7 Å². The molecule has 2 N–H and O–H groups in total. The fourth-order valence-electron chi connectivity index (χ4n) is 2.10. The number of urea groups is 1. The summed E-state index contributed by atoms with van der Waals surface area (Å²) in [5, 5.41) is 5.22. The van der Waals surface area contributed by atoms with Crippen LogP contribution in [-0.4, -0.2) is 55.8 Å². The standard InChI is InChI=1S/C14H18F3N3O2S/c15-14(16,17)23-12-3-1-2-11(10-12)19-13(21)18-4-5-20-6-8-22-9-7-20/h1-3,10H,4-9H2,(H2,18,19,21). The molecule has 2 rings (SSSR count). The smallest absolute Gasteiger partial charge is 0.379 e. The van der Waals surface area contributed by atoms with Crippen molar-refractivity contribution in [1.82, 2.24) is 10.2 Å². The number of morpholine rings is 1. The van der Waals surface area contributed by atoms with Crippen molar-refractivity contribution in [1.29, 1.82) is 0 Å². The van der Waals surface area contributed by atoms with Gasteiger partial charge in [0, 0.05) is 36.8 Å². The van der Waals surface area contributed by atoms with E-state index in [9.17, 15) is 18.0 Å². The molecule has 1 heterocycles. The zero-order valence-corrected chi connectivity index (χ0v) is 13.2. The van der Waals surface area contributed by atoms with Gasteiger partial charge in [-0.3, -0.25) is 4.90 Å². The summed E-state index contributed by atoms with van der Waals surface area (Å²) in [6.07, 6.45) is 0. The van der Waals surface area contributed by atoms with Crippen molar-refractivity contribution in [2.45, 2.75) is 10.4 Å². The number of benzene rings is 1. The van der Waals surface area contributed by atoms with Crippen molar-refractivity contribution in [3.63, 3.8) is 0 Å². The minimum atomic E-state index is -4.35. The van der Waals surface area contributed by atoms with Crippen LogP contribution in [0.4, 0.5) is 23.7 Å². The highest BCUT2D eigenvalue weighted by molar-refractivity contribution is 8.00. The topological polar surface area (TPSA) is 53.6 Å². The first kappa shape index (κ1) is 17.9. The number of hydrogen-bond donors (Lipinski definition) is 2. The molecule has 9 heteroatoms. The fourth-order valence-corrected chi connectivity index (χ4v) is 2.70. The quantitative estimate of drug-likeness (QED) is 0.803. The molecule has 23 heavy (non-hydrogen) atoms. The number of carbonyl (C=O) groups excluding carboxylic acids is 1. The summed E-state index contributed by atoms with van der Waals surface area (Å²) in [6.45, 7) is 4.22. The summed E-state index contributed by atoms with van der Waals surface area (Å²) < 4.78 is 42.2. The summed E-state index contributed by atoms with van der Waals surface area (Å²) in [5.74, 6) is 0. The zero-order chi connectivity index (χ0) is 16.7. The molecular formula is C14H18F3N3O2S. The molecule has 0 atom stereocenters. The van der Waals surface area contributed by atoms with E-state index in [0.717, 1.165) is 13.1 Å². The highest BCUT2D eigenvalue weighted by Crippen LogP contribution is 2.37. The number of amides is 2. The lowest BCUT2D eigenvalue weighted by Crippen LogP contribution is -2.42. The first-order chi connectivity index (χ1) is 10.9. The van der Waals surface area contributed by atoms with Gasteiger partial charge in [-0.2, -0.15) is 13.2 Å². The largest absolute Gasteiger partial charge is 0.446 e. The van der Waals surface area contributed by atoms with Crippen LogP contribution >= 0.6 is 11.8 Å². The number of nitrogens with one attached hydrogen (secondary N) is 2. The Bertz CT molecular complexity index is 522. The van der Waals surface area contributed by atoms with Gasteiger partial charge in [0.15, 0.2) is 0 Å². The minimum Gasteiger partial charge on any atom is -0.379 e. The molecule has 0 bridgehead atoms. The maximum absolute atomic E-state index is 12.3. The predicted molar refractivity (Wildman–Crippen MR) is 82.6 cm³/mol. The number of rotatable bonds is 5. The van der Waals surface area contributed by atoms with E-state index in [1.165, 1.54) is 18.2 Å². The Morgan fingerprint density at radius 3 is 2.74 bits per heavy atom. The molecule has 0 aliphatic carbocycles. The third-order valence-electron chi connectivity index (χ3n) is 3.14. The second kappa shape index (κ2) is 8.42. The zero-order valence-electron chi connectivity index (χ0n) is 12.4. The van der Waals surface area contributed by atoms with Crippen LogP contribution in [0, 0.1) is 0 Å². The number of ether oxygens (including phenoxy) is 1. The van der Waals surface area contributed by atoms with Crippen LogP contribution in [0.1, 0.15) is 0 Å². The number of carbonyl (C=O) groups is 1. The van der Waals surface area contributed by atoms with Crippen LogP contribution in [0.2, 0.25) is 0 Å². The van der Waals surface area contributed by atoms with E-state index in [2.05, 4.69) is 15.5 Å². The van der Waals surface area contributed by atoms with Crippen molar-refractivity contribution >= 4 is 23.5 Å². The number of halogens is 3. The van der Waals surface area contributed by atoms with Crippen LogP contribution in [0.25, 0.3) is 0 Å². The number of hydrogen-bond acceptors (Lipinski definition) is 4. The summed E-state index contributed by atoms with van der Waals surface area (Å²) in [4.78, 5) is 14.0. The van der Waals surface area contributed by atoms with Crippen LogP contribution in [-0.2, 0) is 4.74 Å². The molecule has 0 unspecified atom stereocenters. The Morgan fingerprint density at radius 1 is 1.30 bits per heavy atom. The van der Waals surface area contributed by atoms with Crippen LogP contribution in [0.3, 0.4) is 0 Å². The Kier molecular flexibility index (Phi) is 6.55. The maximum atomic E-state index is 12.3. The van der Waals surface area contributed by atoms with Gasteiger partial charge < -0.3 is 15.4 Å². The number of alkyl halides is 3. The first-order valence-corrected chi connectivity index (χ1v) is 7.95. The molecule has 1 aliphatic rings. The van der Waals surface area contributed by atoms with Crippen molar-refractivity contribution in [3.05, 3.63) is 24.3 Å². The molecule has 1 aromatic rings. The third-order valence-corrected chi connectivity index (χ3v) is 3.86. The molecule has 1 aromatic carbocycles. The van der Waals surface area contributed by atoms with Crippen molar-refractivity contribution in [2.24, 2.45) is 0 Å². The van der Waals surface area contributed by atoms with E-state index < -0.39 is 11.5 Å². The number of anilines is 1. The number of thioether (sulfide) groups is 1. The highest BCUT2D eigenvalue weighted by atomic mass is 32.2. The summed E-state index contributed by atoms with van der Waals surface area (Å²) in [5.41, 5.74) is -4.03. The van der Waals surface area contributed by atoms with E-state index in [4.69, 9.17) is 4.74 Å². The summed E-state index contributed by atoms with van der Waals surface area (Å²) >= 11 is -0.212. The minimum absolute atomic E-state index is 0.0311. The summed E-state index contributed by atoms with van der Waals surface area (Å²) in [6, 6.07) is 5.21. The maximum Gasteiger partial charge on any atom is 0.446 e. The predicted octanol–water partition coefficient (Wildman–Crippen LogP) is 2.75. The molecule has 0 saturated carbocycles. The van der Waals surface area contributed by atoms with Crippen LogP contribution < -0.4 is 10.6 Å². The van der Waals surface area contributed by atoms with Crippen LogP contribution in [0.5, 0.6) is 0 Å². The van der Waals surface area contributed by atoms with Crippen molar-refractivity contribution in [2.75, 3.05) is 44.7 Å². The van der Waals surface area contributed by atoms with Gasteiger partial charge in [0.25, 0.3) is 0 Å². The van der Waals surface area contributed by atoms with E-state index in [1.54, 1.807) is 6.07 Å². The lowest BCUT2D eigenvalue weighted by molar-refractivity contribution is -0.0328. The SMILES string of the molecule is O=C(NCCN1CCOCC1)Nc1cccc(SC(F)(F)F)c1. The molecule has 0 radical (unpaired) electrons. The Labute approximate surface area is 136 Å². The molecule has 1 fully saturated rings. The fraction of sp³-hybridized carbons (Fsp3) is 0.500. The second-order valence-electron chi connectivity index (χ2n) is 4.91. The van der Waals surface area contributed by atoms with Crippen molar-refractivity contribution < 1.29 is 22.7 Å². The molecule has 0 aromatic heterocycles. The molecule has 0 spiro atoms. The van der Waals surface area contributed by atoms with Gasteiger partial charge >= 0.3 is 11.5 Å². The lowest BCUT2D eigenvalue weighted by atomic mass is 10.3. The normalized spacial score (nSPS) is 16.1. The Balaban J connectivity index is 1.75. The van der Waals surface area contributed by atoms with E-state index >= 15 is 0 Å². The van der Waals surface area contributed by atoms with Gasteiger partial charge in [-0.15, -0.1) is 0 Å². The molecule has 1 saturated heterocycles. The Hall–Kier alpha value is -1.45. The van der Waals surface area contributed by atoms with E-state index in [0.29, 0.717) is 32.0 Å². The van der Waals surface area contributed by atoms with Gasteiger partial charge in [-0.25, -0.2) is 4.79 Å². The second-order valence-corrected chi connectivity index (χ2v) is 6.05. The van der Waals surface area contributed by atoms with Gasteiger partial charge in [0.05, 0.1) is 13.2 Å². The van der Waals surface area contributed by atoms with Gasteiger partial charge in [0.1, 0.15) is 0 Å². The lowest BCUT2D eigenvalue weighted by Gasteiger charge is -2.26. The monoisotopic (exact) mass is 349 g/mol. The Morgan fingerprint density at radius 2 is 2.04 bits per heavy atom.